The van der Waals surface area contributed by atoms with Crippen molar-refractivity contribution in [2.24, 2.45) is 5.92 Å². The molecule has 0 saturated heterocycles. The van der Waals surface area contributed by atoms with Gasteiger partial charge in [-0.2, -0.15) is 0 Å². The van der Waals surface area contributed by atoms with Crippen LogP contribution in [0.5, 0.6) is 0 Å². The van der Waals surface area contributed by atoms with Gasteiger partial charge in [-0.3, -0.25) is 0 Å². The summed E-state index contributed by atoms with van der Waals surface area (Å²) in [7, 11) is 17.9. The Kier molecular flexibility index (Phi) is 9.88. The maximum atomic E-state index is 8.94. The maximum absolute atomic E-state index is 8.94. The van der Waals surface area contributed by atoms with Crippen LogP contribution in [-0.4, -0.2) is 5.92 Å². The van der Waals surface area contributed by atoms with E-state index in [-0.39, 0.29) is 12.7 Å². The fraction of sp³-hybridized carbons (Fsp3) is 0.222. The molecule has 2 aliphatic carbocycles. The Balaban J connectivity index is 1.30. The Labute approximate surface area is 354 Å². The van der Waals surface area contributed by atoms with E-state index in [0.29, 0.717) is 5.92 Å². The first kappa shape index (κ1) is 39.7. The van der Waals surface area contributed by atoms with E-state index >= 15 is 0 Å². The van der Waals surface area contributed by atoms with Crippen molar-refractivity contribution >= 4 is 56.6 Å². The molecule has 0 amide bonds. The van der Waals surface area contributed by atoms with Crippen molar-refractivity contribution in [2.75, 3.05) is 0 Å². The molecule has 0 spiro atoms. The van der Waals surface area contributed by atoms with Gasteiger partial charge in [0.2, 0.25) is 0 Å². The average Bonchev–Trinajstić information content (AvgIpc) is 3.79. The van der Waals surface area contributed by atoms with E-state index in [1.54, 1.807) is 0 Å². The van der Waals surface area contributed by atoms with Gasteiger partial charge in [0.05, 0.1) is 0 Å². The molecule has 0 nitrogen and oxygen atoms in total. The summed E-state index contributed by atoms with van der Waals surface area (Å²) in [5.74, 6) is -1.48. The first-order chi connectivity index (χ1) is 27.7. The fourth-order valence-electron chi connectivity index (χ4n) is 10.5. The van der Waals surface area contributed by atoms with E-state index in [9.17, 15) is 0 Å². The molecule has 2 aliphatic rings. The van der Waals surface area contributed by atoms with Crippen LogP contribution in [0.4, 0.5) is 0 Å². The van der Waals surface area contributed by atoms with Crippen LogP contribution in [0.25, 0.3) is 67.1 Å². The molecule has 291 valence electrons. The Hall–Kier alpha value is -3.78. The summed E-state index contributed by atoms with van der Waals surface area (Å²) in [6.07, 6.45) is 4.95. The summed E-state index contributed by atoms with van der Waals surface area (Å²) in [6, 6.07) is 52.0. The normalized spacial score (nSPS) is 17.3. The zero-order valence-electron chi connectivity index (χ0n) is 35.0. The minimum atomic E-state index is -5.08. The molecule has 0 N–H and O–H groups in total. The number of allylic oxidation sites excluding steroid dienone is 2. The first-order valence-corrected chi connectivity index (χ1v) is 37.3. The molecule has 0 radical (unpaired) electrons. The van der Waals surface area contributed by atoms with Gasteiger partial charge in [-0.1, -0.05) is 0 Å². The van der Waals surface area contributed by atoms with Gasteiger partial charge in [-0.15, -0.1) is 0 Å². The summed E-state index contributed by atoms with van der Waals surface area (Å²) in [4.78, 5) is 0. The van der Waals surface area contributed by atoms with Crippen molar-refractivity contribution in [3.8, 4) is 33.4 Å². The third kappa shape index (κ3) is 6.24. The van der Waals surface area contributed by atoms with E-state index in [1.807, 2.05) is 0 Å². The van der Waals surface area contributed by atoms with Crippen LogP contribution in [0.1, 0.15) is 76.6 Å². The molecule has 2 atom stereocenters. The molecule has 4 heteroatoms. The van der Waals surface area contributed by atoms with Crippen LogP contribution in [0.2, 0.25) is 13.1 Å². The number of fused-ring (bicyclic) bond motifs is 4. The molecule has 0 bridgehead atoms. The van der Waals surface area contributed by atoms with Gasteiger partial charge < -0.3 is 0 Å². The van der Waals surface area contributed by atoms with Crippen molar-refractivity contribution in [3.05, 3.63) is 178 Å². The van der Waals surface area contributed by atoms with Crippen LogP contribution >= 0.6 is 17.0 Å². The van der Waals surface area contributed by atoms with Gasteiger partial charge >= 0.3 is 357 Å². The van der Waals surface area contributed by atoms with Gasteiger partial charge in [0.25, 0.3) is 0 Å². The average molecular weight is 892 g/mol. The Bertz CT molecular complexity index is 2820. The van der Waals surface area contributed by atoms with Crippen molar-refractivity contribution in [2.45, 2.75) is 67.3 Å². The predicted molar refractivity (Wildman–Crippen MR) is 255 cm³/mol. The molecule has 7 aromatic carbocycles. The van der Waals surface area contributed by atoms with E-state index < -0.39 is 21.5 Å². The Morgan fingerprint density at radius 1 is 0.552 bits per heavy atom. The zero-order valence-corrected chi connectivity index (χ0v) is 40.1. The molecular weight excluding hydrogens is 839 g/mol. The fourth-order valence-corrected chi connectivity index (χ4v) is 42.6. The number of halogens is 2. The van der Waals surface area contributed by atoms with Crippen LogP contribution in [0.3, 0.4) is 0 Å². The summed E-state index contributed by atoms with van der Waals surface area (Å²) in [6.45, 7) is 18.8. The standard InChI is InChI=1S/C30H21.C22H25.C2H7Si.2ClH.Zr/c1-20-16-23-18-24(27-14-6-10-21-8-2-4-12-25(21)27)19-30(29(23)17-20)28-15-7-11-22-9-3-5-13-26(22)28;1-15(2)18-13-17-7-6-8-20(21(17)14-18)16-9-11-19(12-10-16)22(3,4)5;1-3-2;;;/h2-19H,1H3;6-15H,1-5H3;3H,1-2H3;2*1H;/q;;;;;+2/p-2. The van der Waals surface area contributed by atoms with Crippen LogP contribution < -0.4 is 0 Å². The molecule has 0 fully saturated rings. The van der Waals surface area contributed by atoms with Crippen LogP contribution in [-0.2, 0) is 21.0 Å². The minimum absolute atomic E-state index is 0.0155. The Morgan fingerprint density at radius 2 is 1.10 bits per heavy atom. The van der Waals surface area contributed by atoms with Crippen LogP contribution in [0, 0.1) is 5.92 Å². The van der Waals surface area contributed by atoms with Gasteiger partial charge in [0.15, 0.2) is 0 Å². The quantitative estimate of drug-likeness (QED) is 0.140. The van der Waals surface area contributed by atoms with Crippen molar-refractivity contribution in [1.82, 2.24) is 0 Å². The van der Waals surface area contributed by atoms with Crippen LogP contribution in [0.15, 0.2) is 151 Å². The predicted octanol–water partition coefficient (Wildman–Crippen LogP) is 16.5. The Morgan fingerprint density at radius 3 is 1.72 bits per heavy atom. The molecule has 9 rings (SSSR count). The van der Waals surface area contributed by atoms with Gasteiger partial charge in [-0.25, -0.2) is 0 Å². The number of benzene rings is 7. The monoisotopic (exact) mass is 889 g/mol. The second kappa shape index (κ2) is 14.4. The number of hydrogen-bond donors (Lipinski definition) is 0. The second-order valence-corrected chi connectivity index (χ2v) is 61.2. The molecule has 0 heterocycles. The van der Waals surface area contributed by atoms with Gasteiger partial charge in [0.1, 0.15) is 0 Å². The third-order valence-electron chi connectivity index (χ3n) is 13.6. The molecular formula is C54H53Cl2SiZr. The van der Waals surface area contributed by atoms with Crippen molar-refractivity contribution in [1.29, 1.82) is 0 Å². The van der Waals surface area contributed by atoms with E-state index in [4.69, 9.17) is 17.0 Å². The van der Waals surface area contributed by atoms with Crippen molar-refractivity contribution in [3.63, 3.8) is 0 Å². The number of rotatable bonds is 7. The summed E-state index contributed by atoms with van der Waals surface area (Å²) in [5.41, 5.74) is 16.9. The summed E-state index contributed by atoms with van der Waals surface area (Å²) >= 11 is -5.08. The summed E-state index contributed by atoms with van der Waals surface area (Å²) < 4.78 is -0.00956. The van der Waals surface area contributed by atoms with E-state index in [0.717, 1.165) is 0 Å². The number of hydrogen-bond acceptors (Lipinski definition) is 0. The van der Waals surface area contributed by atoms with E-state index in [2.05, 4.69) is 206 Å². The summed E-state index contributed by atoms with van der Waals surface area (Å²) in [5, 5.41) is 5.00. The molecule has 58 heavy (non-hydrogen) atoms. The van der Waals surface area contributed by atoms with E-state index in [1.165, 1.54) is 93.9 Å². The SMILES string of the molecule is CC1=Cc2c(-c3cccc4ccccc34)cc(-c3cccc4ccccc34)cc2[CH]1[Zr]([Cl])([Cl])([CH]1C(C(C)C)=Cc2c(-c3ccc(C(C)(C)C)cc3)cccc21)[SiH](C)C. The third-order valence-corrected chi connectivity index (χ3v) is 65.5. The molecule has 2 unspecified atom stereocenters. The van der Waals surface area contributed by atoms with Gasteiger partial charge in [-0.05, 0) is 0 Å². The molecule has 0 saturated carbocycles. The first-order valence-electron chi connectivity index (χ1n) is 21.0. The molecule has 0 aromatic heterocycles. The second-order valence-electron chi connectivity index (χ2n) is 18.7. The van der Waals surface area contributed by atoms with Crippen molar-refractivity contribution < 1.29 is 15.6 Å². The molecule has 7 aromatic rings. The topological polar surface area (TPSA) is 0 Å². The molecule has 0 aliphatic heterocycles. The zero-order chi connectivity index (χ0) is 40.7. The van der Waals surface area contributed by atoms with Gasteiger partial charge in [0, 0.05) is 0 Å².